The van der Waals surface area contributed by atoms with Crippen LogP contribution in [0.15, 0.2) is 34.9 Å². The number of hydrogen-bond donors (Lipinski definition) is 1. The van der Waals surface area contributed by atoms with Gasteiger partial charge in [0.05, 0.1) is 6.26 Å². The van der Waals surface area contributed by atoms with Crippen molar-refractivity contribution in [1.82, 2.24) is 0 Å². The van der Waals surface area contributed by atoms with E-state index in [-0.39, 0.29) is 5.82 Å². The molecule has 0 aliphatic heterocycles. The minimum atomic E-state index is -0.840. The predicted octanol–water partition coefficient (Wildman–Crippen LogP) is 3.12. The zero-order chi connectivity index (χ0) is 11.7. The van der Waals surface area contributed by atoms with Crippen molar-refractivity contribution >= 4 is 0 Å². The third-order valence-corrected chi connectivity index (χ3v) is 2.59. The van der Waals surface area contributed by atoms with Gasteiger partial charge in [-0.25, -0.2) is 4.39 Å². The molecule has 0 fully saturated rings. The lowest BCUT2D eigenvalue weighted by molar-refractivity contribution is 0.189. The van der Waals surface area contributed by atoms with Crippen LogP contribution < -0.4 is 0 Å². The van der Waals surface area contributed by atoms with Gasteiger partial charge in [-0.05, 0) is 42.7 Å². The van der Waals surface area contributed by atoms with Gasteiger partial charge >= 0.3 is 0 Å². The van der Waals surface area contributed by atoms with Gasteiger partial charge in [0.1, 0.15) is 17.7 Å². The van der Waals surface area contributed by atoms with Crippen LogP contribution in [0.25, 0.3) is 0 Å². The first-order chi connectivity index (χ1) is 7.59. The summed E-state index contributed by atoms with van der Waals surface area (Å²) in [6, 6.07) is 6.67. The van der Waals surface area contributed by atoms with Crippen LogP contribution in [0.5, 0.6) is 0 Å². The van der Waals surface area contributed by atoms with Crippen LogP contribution in [0.1, 0.15) is 28.6 Å². The number of hydrogen-bond acceptors (Lipinski definition) is 2. The Balaban J connectivity index is 2.42. The van der Waals surface area contributed by atoms with E-state index in [1.54, 1.807) is 38.1 Å². The summed E-state index contributed by atoms with van der Waals surface area (Å²) in [5, 5.41) is 10.0. The van der Waals surface area contributed by atoms with Crippen molar-refractivity contribution in [2.24, 2.45) is 0 Å². The third-order valence-electron chi connectivity index (χ3n) is 2.59. The summed E-state index contributed by atoms with van der Waals surface area (Å²) in [5.41, 5.74) is 1.70. The monoisotopic (exact) mass is 220 g/mol. The summed E-state index contributed by atoms with van der Waals surface area (Å²) in [5.74, 6) is 0.237. The number of rotatable bonds is 2. The highest BCUT2D eigenvalue weighted by Crippen LogP contribution is 2.25. The molecule has 0 saturated heterocycles. The van der Waals surface area contributed by atoms with Crippen molar-refractivity contribution in [2.75, 3.05) is 0 Å². The zero-order valence-corrected chi connectivity index (χ0v) is 9.20. The number of aliphatic hydroxyl groups is 1. The van der Waals surface area contributed by atoms with Crippen molar-refractivity contribution in [3.8, 4) is 0 Å². The van der Waals surface area contributed by atoms with E-state index in [1.165, 1.54) is 6.26 Å². The molecule has 1 aromatic carbocycles. The summed E-state index contributed by atoms with van der Waals surface area (Å²) in [6.07, 6.45) is 0.662. The maximum atomic E-state index is 13.4. The lowest BCUT2D eigenvalue weighted by Crippen LogP contribution is -2.01. The first-order valence-electron chi connectivity index (χ1n) is 5.07. The number of aliphatic hydroxyl groups excluding tert-OH is 1. The Bertz CT molecular complexity index is 466. The fraction of sp³-hybridized carbons (Fsp3) is 0.231. The standard InChI is InChI=1S/C13H13FO2/c1-8-6-10(7-9(2)12(8)14)13(15)11-4-3-5-16-11/h3-7,13,15H,1-2H3. The summed E-state index contributed by atoms with van der Waals surface area (Å²) in [7, 11) is 0. The molecule has 1 unspecified atom stereocenters. The molecule has 84 valence electrons. The van der Waals surface area contributed by atoms with Gasteiger partial charge in [-0.3, -0.25) is 0 Å². The van der Waals surface area contributed by atoms with E-state index in [1.807, 2.05) is 0 Å². The van der Waals surface area contributed by atoms with Crippen LogP contribution >= 0.6 is 0 Å². The van der Waals surface area contributed by atoms with Gasteiger partial charge in [0, 0.05) is 0 Å². The van der Waals surface area contributed by atoms with Crippen molar-refractivity contribution in [3.63, 3.8) is 0 Å². The SMILES string of the molecule is Cc1cc(C(O)c2ccco2)cc(C)c1F. The van der Waals surface area contributed by atoms with Crippen molar-refractivity contribution < 1.29 is 13.9 Å². The van der Waals surface area contributed by atoms with Crippen LogP contribution in [-0.4, -0.2) is 5.11 Å². The Labute approximate surface area is 93.3 Å². The molecule has 1 N–H and O–H groups in total. The summed E-state index contributed by atoms with van der Waals surface area (Å²) in [6.45, 7) is 3.36. The molecule has 1 heterocycles. The molecule has 16 heavy (non-hydrogen) atoms. The van der Waals surface area contributed by atoms with Crippen LogP contribution in [0.4, 0.5) is 4.39 Å². The predicted molar refractivity (Wildman–Crippen MR) is 58.6 cm³/mol. The molecular formula is C13H13FO2. The number of furan rings is 1. The van der Waals surface area contributed by atoms with Crippen LogP contribution in [0.3, 0.4) is 0 Å². The molecule has 2 aromatic rings. The van der Waals surface area contributed by atoms with Gasteiger partial charge in [-0.2, -0.15) is 0 Å². The van der Waals surface area contributed by atoms with E-state index in [4.69, 9.17) is 4.42 Å². The van der Waals surface area contributed by atoms with E-state index in [9.17, 15) is 9.50 Å². The number of aryl methyl sites for hydroxylation is 2. The van der Waals surface area contributed by atoms with E-state index >= 15 is 0 Å². The Hall–Kier alpha value is -1.61. The number of halogens is 1. The maximum absolute atomic E-state index is 13.4. The van der Waals surface area contributed by atoms with Gasteiger partial charge < -0.3 is 9.52 Å². The average Bonchev–Trinajstić information content (AvgIpc) is 2.77. The van der Waals surface area contributed by atoms with E-state index in [2.05, 4.69) is 0 Å². The Kier molecular flexibility index (Phi) is 2.79. The van der Waals surface area contributed by atoms with Crippen molar-refractivity contribution in [2.45, 2.75) is 20.0 Å². The smallest absolute Gasteiger partial charge is 0.137 e. The molecule has 0 saturated carbocycles. The minimum Gasteiger partial charge on any atom is -0.466 e. The molecular weight excluding hydrogens is 207 g/mol. The van der Waals surface area contributed by atoms with Crippen molar-refractivity contribution in [3.05, 3.63) is 58.8 Å². The Morgan fingerprint density at radius 1 is 1.25 bits per heavy atom. The molecule has 0 bridgehead atoms. The quantitative estimate of drug-likeness (QED) is 0.843. The lowest BCUT2D eigenvalue weighted by atomic mass is 10.0. The highest BCUT2D eigenvalue weighted by Gasteiger charge is 2.15. The Morgan fingerprint density at radius 3 is 2.38 bits per heavy atom. The largest absolute Gasteiger partial charge is 0.466 e. The van der Waals surface area contributed by atoms with Gasteiger partial charge in [-0.15, -0.1) is 0 Å². The van der Waals surface area contributed by atoms with Crippen LogP contribution in [0.2, 0.25) is 0 Å². The van der Waals surface area contributed by atoms with Gasteiger partial charge in [0.15, 0.2) is 0 Å². The first-order valence-corrected chi connectivity index (χ1v) is 5.07. The van der Waals surface area contributed by atoms with Crippen LogP contribution in [-0.2, 0) is 0 Å². The van der Waals surface area contributed by atoms with Crippen LogP contribution in [0, 0.1) is 19.7 Å². The fourth-order valence-electron chi connectivity index (χ4n) is 1.75. The molecule has 1 aromatic heterocycles. The third kappa shape index (κ3) is 1.86. The first kappa shape index (κ1) is 10.9. The average molecular weight is 220 g/mol. The molecule has 0 aliphatic rings. The molecule has 0 spiro atoms. The van der Waals surface area contributed by atoms with Crippen molar-refractivity contribution in [1.29, 1.82) is 0 Å². The van der Waals surface area contributed by atoms with E-state index in [0.717, 1.165) is 0 Å². The second kappa shape index (κ2) is 4.10. The summed E-state index contributed by atoms with van der Waals surface area (Å²) < 4.78 is 18.5. The molecule has 0 amide bonds. The minimum absolute atomic E-state index is 0.226. The summed E-state index contributed by atoms with van der Waals surface area (Å²) in [4.78, 5) is 0. The fourth-order valence-corrected chi connectivity index (χ4v) is 1.75. The highest BCUT2D eigenvalue weighted by molar-refractivity contribution is 5.34. The molecule has 2 nitrogen and oxygen atoms in total. The van der Waals surface area contributed by atoms with Gasteiger partial charge in [-0.1, -0.05) is 12.1 Å². The molecule has 3 heteroatoms. The van der Waals surface area contributed by atoms with E-state index in [0.29, 0.717) is 22.5 Å². The molecule has 1 atom stereocenters. The topological polar surface area (TPSA) is 33.4 Å². The van der Waals surface area contributed by atoms with Gasteiger partial charge in [0.2, 0.25) is 0 Å². The lowest BCUT2D eigenvalue weighted by Gasteiger charge is -2.11. The maximum Gasteiger partial charge on any atom is 0.137 e. The molecule has 0 radical (unpaired) electrons. The number of benzene rings is 1. The summed E-state index contributed by atoms with van der Waals surface area (Å²) >= 11 is 0. The van der Waals surface area contributed by atoms with Gasteiger partial charge in [0.25, 0.3) is 0 Å². The zero-order valence-electron chi connectivity index (χ0n) is 9.20. The van der Waals surface area contributed by atoms with E-state index < -0.39 is 6.10 Å². The second-order valence-electron chi connectivity index (χ2n) is 3.89. The molecule has 0 aliphatic carbocycles. The Morgan fingerprint density at radius 2 is 1.88 bits per heavy atom. The highest BCUT2D eigenvalue weighted by atomic mass is 19.1. The molecule has 2 rings (SSSR count). The second-order valence-corrected chi connectivity index (χ2v) is 3.89. The normalized spacial score (nSPS) is 12.8.